The van der Waals surface area contributed by atoms with Gasteiger partial charge in [-0.1, -0.05) is 6.92 Å². The maximum absolute atomic E-state index is 11.9. The first-order valence-corrected chi connectivity index (χ1v) is 5.36. The summed E-state index contributed by atoms with van der Waals surface area (Å²) in [6.07, 6.45) is 0.849. The zero-order valence-electron chi connectivity index (χ0n) is 9.20. The fraction of sp³-hybridized carbons (Fsp3) is 0.900. The van der Waals surface area contributed by atoms with E-state index in [0.29, 0.717) is 6.54 Å². The van der Waals surface area contributed by atoms with Gasteiger partial charge in [0.15, 0.2) is 0 Å². The van der Waals surface area contributed by atoms with Crippen molar-refractivity contribution in [1.82, 2.24) is 9.80 Å². The molecule has 0 aromatic rings. The van der Waals surface area contributed by atoms with E-state index in [1.807, 2.05) is 11.8 Å². The summed E-state index contributed by atoms with van der Waals surface area (Å²) in [7, 11) is 2.09. The van der Waals surface area contributed by atoms with Crippen LogP contribution in [-0.4, -0.2) is 55.5 Å². The Morgan fingerprint density at radius 1 is 1.36 bits per heavy atom. The maximum Gasteiger partial charge on any atom is 0.227 e. The predicted octanol–water partition coefficient (Wildman–Crippen LogP) is -0.255. The van der Waals surface area contributed by atoms with Crippen LogP contribution in [0.3, 0.4) is 0 Å². The third-order valence-corrected chi connectivity index (χ3v) is 2.94. The quantitative estimate of drug-likeness (QED) is 0.681. The Hall–Kier alpha value is -0.610. The smallest absolute Gasteiger partial charge is 0.227 e. The van der Waals surface area contributed by atoms with Crippen LogP contribution in [0, 0.1) is 5.92 Å². The number of likely N-dealkylation sites (N-methyl/N-ethyl adjacent to an activating group) is 1. The topological polar surface area (TPSA) is 49.6 Å². The van der Waals surface area contributed by atoms with Crippen LogP contribution in [0.5, 0.6) is 0 Å². The number of hydrogen-bond acceptors (Lipinski definition) is 3. The van der Waals surface area contributed by atoms with Crippen LogP contribution in [0.2, 0.25) is 0 Å². The Bertz CT molecular complexity index is 184. The lowest BCUT2D eigenvalue weighted by atomic mass is 10.0. The van der Waals surface area contributed by atoms with Gasteiger partial charge >= 0.3 is 0 Å². The Kier molecular flexibility index (Phi) is 4.35. The summed E-state index contributed by atoms with van der Waals surface area (Å²) in [4.78, 5) is 16.1. The van der Waals surface area contributed by atoms with Gasteiger partial charge in [-0.25, -0.2) is 0 Å². The number of nitrogens with zero attached hydrogens (tertiary/aromatic N) is 2. The molecule has 4 nitrogen and oxygen atoms in total. The van der Waals surface area contributed by atoms with E-state index in [1.165, 1.54) is 0 Å². The number of hydrogen-bond donors (Lipinski definition) is 1. The molecule has 1 rings (SSSR count). The maximum atomic E-state index is 11.9. The second-order valence-electron chi connectivity index (χ2n) is 3.97. The number of carbonyl (C=O) groups is 1. The summed E-state index contributed by atoms with van der Waals surface area (Å²) in [6, 6.07) is 0. The highest BCUT2D eigenvalue weighted by Gasteiger charge is 2.24. The van der Waals surface area contributed by atoms with Crippen molar-refractivity contribution in [3.8, 4) is 0 Å². The fourth-order valence-electron chi connectivity index (χ4n) is 1.73. The molecule has 1 aliphatic rings. The monoisotopic (exact) mass is 199 g/mol. The zero-order chi connectivity index (χ0) is 10.6. The highest BCUT2D eigenvalue weighted by molar-refractivity contribution is 5.79. The number of carbonyl (C=O) groups excluding carboxylic acids is 1. The number of piperazine rings is 1. The van der Waals surface area contributed by atoms with Crippen molar-refractivity contribution in [2.45, 2.75) is 13.3 Å². The van der Waals surface area contributed by atoms with Crippen molar-refractivity contribution in [1.29, 1.82) is 0 Å². The zero-order valence-corrected chi connectivity index (χ0v) is 9.20. The standard InChI is InChI=1S/C10H21N3O/c1-3-9(8-11)10(14)13-6-4-12(2)5-7-13/h9H,3-8,11H2,1-2H3. The number of nitrogens with two attached hydrogens (primary N) is 1. The van der Waals surface area contributed by atoms with E-state index in [9.17, 15) is 4.79 Å². The molecule has 1 amide bonds. The van der Waals surface area contributed by atoms with Gasteiger partial charge in [-0.3, -0.25) is 4.79 Å². The molecule has 1 unspecified atom stereocenters. The van der Waals surface area contributed by atoms with E-state index in [2.05, 4.69) is 11.9 Å². The van der Waals surface area contributed by atoms with Crippen molar-refractivity contribution >= 4 is 5.91 Å². The lowest BCUT2D eigenvalue weighted by Crippen LogP contribution is -2.49. The first-order chi connectivity index (χ1) is 6.69. The van der Waals surface area contributed by atoms with Gasteiger partial charge in [0.25, 0.3) is 0 Å². The van der Waals surface area contributed by atoms with E-state index >= 15 is 0 Å². The van der Waals surface area contributed by atoms with Gasteiger partial charge in [-0.15, -0.1) is 0 Å². The van der Waals surface area contributed by atoms with Crippen LogP contribution in [-0.2, 0) is 4.79 Å². The molecule has 0 aromatic heterocycles. The fourth-order valence-corrected chi connectivity index (χ4v) is 1.73. The molecule has 0 saturated carbocycles. The summed E-state index contributed by atoms with van der Waals surface area (Å²) in [5.74, 6) is 0.265. The molecule has 1 atom stereocenters. The number of rotatable bonds is 3. The Labute approximate surface area is 86.0 Å². The third-order valence-electron chi connectivity index (χ3n) is 2.94. The summed E-state index contributed by atoms with van der Waals surface area (Å²) < 4.78 is 0. The second kappa shape index (κ2) is 5.32. The normalized spacial score (nSPS) is 20.9. The summed E-state index contributed by atoms with van der Waals surface area (Å²) in [5.41, 5.74) is 5.56. The Morgan fingerprint density at radius 2 is 1.93 bits per heavy atom. The van der Waals surface area contributed by atoms with Gasteiger partial charge < -0.3 is 15.5 Å². The van der Waals surface area contributed by atoms with Crippen LogP contribution < -0.4 is 5.73 Å². The summed E-state index contributed by atoms with van der Waals surface area (Å²) in [5, 5.41) is 0. The van der Waals surface area contributed by atoms with Crippen molar-refractivity contribution in [2.75, 3.05) is 39.8 Å². The lowest BCUT2D eigenvalue weighted by molar-refractivity contribution is -0.136. The molecule has 0 aliphatic carbocycles. The first-order valence-electron chi connectivity index (χ1n) is 5.36. The molecule has 0 bridgehead atoms. The average Bonchev–Trinajstić information content (AvgIpc) is 2.20. The molecule has 82 valence electrons. The van der Waals surface area contributed by atoms with Crippen LogP contribution >= 0.6 is 0 Å². The second-order valence-corrected chi connectivity index (χ2v) is 3.97. The molecule has 1 fully saturated rings. The highest BCUT2D eigenvalue weighted by atomic mass is 16.2. The van der Waals surface area contributed by atoms with E-state index in [4.69, 9.17) is 5.73 Å². The minimum Gasteiger partial charge on any atom is -0.340 e. The largest absolute Gasteiger partial charge is 0.340 e. The Balaban J connectivity index is 2.44. The molecule has 0 spiro atoms. The highest BCUT2D eigenvalue weighted by Crippen LogP contribution is 2.08. The lowest BCUT2D eigenvalue weighted by Gasteiger charge is -2.34. The van der Waals surface area contributed by atoms with Crippen molar-refractivity contribution in [3.63, 3.8) is 0 Å². The molecular formula is C10H21N3O. The van der Waals surface area contributed by atoms with Crippen LogP contribution in [0.25, 0.3) is 0 Å². The van der Waals surface area contributed by atoms with Crippen molar-refractivity contribution in [2.24, 2.45) is 11.7 Å². The summed E-state index contributed by atoms with van der Waals surface area (Å²) >= 11 is 0. The molecule has 14 heavy (non-hydrogen) atoms. The average molecular weight is 199 g/mol. The SMILES string of the molecule is CCC(CN)C(=O)N1CCN(C)CC1. The number of amides is 1. The van der Waals surface area contributed by atoms with Crippen molar-refractivity contribution in [3.05, 3.63) is 0 Å². The molecule has 1 heterocycles. The van der Waals surface area contributed by atoms with Crippen molar-refractivity contribution < 1.29 is 4.79 Å². The minimum absolute atomic E-state index is 0.0263. The molecule has 4 heteroatoms. The van der Waals surface area contributed by atoms with Crippen LogP contribution in [0.4, 0.5) is 0 Å². The van der Waals surface area contributed by atoms with Gasteiger partial charge in [0.05, 0.1) is 5.92 Å². The molecule has 0 aromatic carbocycles. The van der Waals surface area contributed by atoms with E-state index in [0.717, 1.165) is 32.6 Å². The van der Waals surface area contributed by atoms with E-state index < -0.39 is 0 Å². The molecule has 0 radical (unpaired) electrons. The Morgan fingerprint density at radius 3 is 2.36 bits per heavy atom. The van der Waals surface area contributed by atoms with E-state index in [-0.39, 0.29) is 11.8 Å². The molecule has 1 saturated heterocycles. The van der Waals surface area contributed by atoms with Crippen LogP contribution in [0.15, 0.2) is 0 Å². The molecule has 1 aliphatic heterocycles. The minimum atomic E-state index is 0.0263. The first kappa shape index (κ1) is 11.5. The molecular weight excluding hydrogens is 178 g/mol. The van der Waals surface area contributed by atoms with Gasteiger partial charge in [0.1, 0.15) is 0 Å². The van der Waals surface area contributed by atoms with Gasteiger partial charge in [0, 0.05) is 32.7 Å². The van der Waals surface area contributed by atoms with Crippen LogP contribution in [0.1, 0.15) is 13.3 Å². The summed E-state index contributed by atoms with van der Waals surface area (Å²) in [6.45, 7) is 6.16. The predicted molar refractivity (Wildman–Crippen MR) is 56.9 cm³/mol. The van der Waals surface area contributed by atoms with Gasteiger partial charge in [-0.2, -0.15) is 0 Å². The van der Waals surface area contributed by atoms with Gasteiger partial charge in [-0.05, 0) is 13.5 Å². The third kappa shape index (κ3) is 2.69. The molecule has 2 N–H and O–H groups in total. The van der Waals surface area contributed by atoms with E-state index in [1.54, 1.807) is 0 Å². The van der Waals surface area contributed by atoms with Gasteiger partial charge in [0.2, 0.25) is 5.91 Å².